The predicted molar refractivity (Wildman–Crippen MR) is 95.3 cm³/mol. The molecule has 0 saturated heterocycles. The first kappa shape index (κ1) is 21.1. The lowest BCUT2D eigenvalue weighted by molar-refractivity contribution is -0.121. The lowest BCUT2D eigenvalue weighted by Crippen LogP contribution is -2.50. The molecule has 1 aromatic rings. The molecular weight excluding hydrogens is 344 g/mol. The molecule has 1 rings (SSSR count). The van der Waals surface area contributed by atoms with Crippen LogP contribution in [0.4, 0.5) is 4.79 Å². The monoisotopic (exact) mass is 370 g/mol. The van der Waals surface area contributed by atoms with Gasteiger partial charge in [-0.2, -0.15) is 0 Å². The first-order chi connectivity index (χ1) is 11.3. The van der Waals surface area contributed by atoms with Gasteiger partial charge in [0.25, 0.3) is 0 Å². The van der Waals surface area contributed by atoms with Crippen LogP contribution >= 0.6 is 0 Å². The van der Waals surface area contributed by atoms with Crippen molar-refractivity contribution in [1.29, 1.82) is 0 Å². The minimum absolute atomic E-state index is 0.0132. The second kappa shape index (κ2) is 7.94. The highest BCUT2D eigenvalue weighted by atomic mass is 32.2. The molecule has 3 amide bonds. The van der Waals surface area contributed by atoms with Crippen molar-refractivity contribution in [3.8, 4) is 0 Å². The number of carbonyl (C=O) groups excluding carboxylic acids is 2. The fourth-order valence-corrected chi connectivity index (χ4v) is 2.68. The zero-order valence-corrected chi connectivity index (χ0v) is 16.0. The van der Waals surface area contributed by atoms with Crippen LogP contribution in [0.3, 0.4) is 0 Å². The molecule has 9 heteroatoms. The fraction of sp³-hybridized carbons (Fsp3) is 0.500. The van der Waals surface area contributed by atoms with Gasteiger partial charge < -0.3 is 5.32 Å². The minimum Gasteiger partial charge on any atom is -0.333 e. The molecule has 140 valence electrons. The van der Waals surface area contributed by atoms with E-state index in [2.05, 4.69) is 10.6 Å². The van der Waals surface area contributed by atoms with Gasteiger partial charge in [0.15, 0.2) is 0 Å². The highest BCUT2D eigenvalue weighted by molar-refractivity contribution is 7.89. The van der Waals surface area contributed by atoms with Gasteiger partial charge in [0, 0.05) is 11.6 Å². The van der Waals surface area contributed by atoms with Gasteiger partial charge in [0.2, 0.25) is 15.9 Å². The Bertz CT molecular complexity index is 741. The maximum Gasteiger partial charge on any atom is 0.321 e. The molecule has 0 aliphatic heterocycles. The molecule has 0 aliphatic rings. The topological polar surface area (TPSA) is 122 Å². The lowest BCUT2D eigenvalue weighted by Gasteiger charge is -2.25. The van der Waals surface area contributed by atoms with E-state index in [-0.39, 0.29) is 17.5 Å². The Kier molecular flexibility index (Phi) is 6.69. The summed E-state index contributed by atoms with van der Waals surface area (Å²) >= 11 is 0. The summed E-state index contributed by atoms with van der Waals surface area (Å²) in [6.07, 6.45) is 0. The summed E-state index contributed by atoms with van der Waals surface area (Å²) in [5, 5.41) is 10.0. The van der Waals surface area contributed by atoms with Gasteiger partial charge in [-0.05, 0) is 52.4 Å². The van der Waals surface area contributed by atoms with Crippen molar-refractivity contribution in [2.24, 2.45) is 5.14 Å². The average Bonchev–Trinajstić information content (AvgIpc) is 2.43. The number of benzene rings is 1. The van der Waals surface area contributed by atoms with Gasteiger partial charge in [0.1, 0.15) is 0 Å². The van der Waals surface area contributed by atoms with Crippen LogP contribution in [0.15, 0.2) is 29.2 Å². The van der Waals surface area contributed by atoms with Crippen LogP contribution in [0.1, 0.15) is 39.3 Å². The number of rotatable bonds is 5. The molecule has 0 heterocycles. The summed E-state index contributed by atoms with van der Waals surface area (Å²) in [7, 11) is -2.09. The zero-order chi connectivity index (χ0) is 19.4. The number of imide groups is 1. The van der Waals surface area contributed by atoms with Gasteiger partial charge in [-0.1, -0.05) is 12.1 Å². The highest BCUT2D eigenvalue weighted by Crippen LogP contribution is 2.21. The molecule has 0 aliphatic carbocycles. The third-order valence-corrected chi connectivity index (χ3v) is 4.38. The van der Waals surface area contributed by atoms with Crippen molar-refractivity contribution in [2.75, 3.05) is 13.6 Å². The van der Waals surface area contributed by atoms with E-state index in [1.54, 1.807) is 24.1 Å². The Morgan fingerprint density at radius 1 is 1.28 bits per heavy atom. The second-order valence-electron chi connectivity index (χ2n) is 6.96. The van der Waals surface area contributed by atoms with Crippen LogP contribution in [-0.4, -0.2) is 44.4 Å². The summed E-state index contributed by atoms with van der Waals surface area (Å²) in [5.41, 5.74) is 0.249. The number of amides is 3. The van der Waals surface area contributed by atoms with Crippen molar-refractivity contribution in [1.82, 2.24) is 15.5 Å². The number of hydrogen-bond acceptors (Lipinski definition) is 5. The molecule has 0 fully saturated rings. The van der Waals surface area contributed by atoms with Gasteiger partial charge in [-0.3, -0.25) is 15.0 Å². The van der Waals surface area contributed by atoms with E-state index in [9.17, 15) is 18.0 Å². The van der Waals surface area contributed by atoms with Gasteiger partial charge in [0.05, 0.1) is 11.4 Å². The Hall–Kier alpha value is -1.97. The Morgan fingerprint density at radius 2 is 1.88 bits per heavy atom. The van der Waals surface area contributed by atoms with Crippen molar-refractivity contribution in [3.63, 3.8) is 0 Å². The van der Waals surface area contributed by atoms with Crippen LogP contribution in [0.5, 0.6) is 0 Å². The molecule has 0 bridgehead atoms. The average molecular weight is 370 g/mol. The molecule has 0 radical (unpaired) electrons. The lowest BCUT2D eigenvalue weighted by atomic mass is 10.1. The van der Waals surface area contributed by atoms with Crippen LogP contribution in [0.2, 0.25) is 0 Å². The zero-order valence-electron chi connectivity index (χ0n) is 15.2. The number of nitrogens with zero attached hydrogens (tertiary/aromatic N) is 1. The first-order valence-corrected chi connectivity index (χ1v) is 9.29. The number of likely N-dealkylation sites (N-methyl/N-ethyl adjacent to an activating group) is 1. The van der Waals surface area contributed by atoms with Crippen LogP contribution in [0.25, 0.3) is 0 Å². The molecule has 0 saturated carbocycles. The number of nitrogens with two attached hydrogens (primary N) is 1. The maximum atomic E-state index is 12.0. The van der Waals surface area contributed by atoms with E-state index in [1.165, 1.54) is 12.1 Å². The molecule has 0 aromatic heterocycles. The van der Waals surface area contributed by atoms with E-state index in [4.69, 9.17) is 5.14 Å². The van der Waals surface area contributed by atoms with Crippen molar-refractivity contribution in [2.45, 2.75) is 44.2 Å². The van der Waals surface area contributed by atoms with Crippen molar-refractivity contribution >= 4 is 22.0 Å². The third-order valence-electron chi connectivity index (χ3n) is 3.46. The van der Waals surface area contributed by atoms with Gasteiger partial charge in [-0.15, -0.1) is 0 Å². The van der Waals surface area contributed by atoms with Crippen LogP contribution in [-0.2, 0) is 14.8 Å². The minimum atomic E-state index is -3.79. The smallest absolute Gasteiger partial charge is 0.321 e. The molecule has 25 heavy (non-hydrogen) atoms. The standard InChI is InChI=1S/C16H26N4O4S/c1-11(12-7-6-8-13(9-12)25(17,23)24)20(5)10-14(21)18-15(22)19-16(2,3)4/h6-9,11H,10H2,1-5H3,(H2,17,23,24)(H2,18,19,21,22)/t11-/m1/s1. The number of primary sulfonamides is 1. The summed E-state index contributed by atoms with van der Waals surface area (Å²) in [6.45, 7) is 7.22. The summed E-state index contributed by atoms with van der Waals surface area (Å²) in [5.74, 6) is -0.460. The highest BCUT2D eigenvalue weighted by Gasteiger charge is 2.20. The third kappa shape index (κ3) is 7.20. The quantitative estimate of drug-likeness (QED) is 0.712. The van der Waals surface area contributed by atoms with E-state index in [0.717, 1.165) is 0 Å². The fourth-order valence-electron chi connectivity index (χ4n) is 2.11. The molecule has 1 aromatic carbocycles. The van der Waals surface area contributed by atoms with Crippen molar-refractivity contribution < 1.29 is 18.0 Å². The number of carbonyl (C=O) groups is 2. The van der Waals surface area contributed by atoms with E-state index < -0.39 is 27.5 Å². The number of sulfonamides is 1. The van der Waals surface area contributed by atoms with E-state index in [0.29, 0.717) is 5.56 Å². The first-order valence-electron chi connectivity index (χ1n) is 7.74. The van der Waals surface area contributed by atoms with Crippen molar-refractivity contribution in [3.05, 3.63) is 29.8 Å². The van der Waals surface area contributed by atoms with E-state index in [1.807, 2.05) is 27.7 Å². The Balaban J connectivity index is 2.72. The summed E-state index contributed by atoms with van der Waals surface area (Å²) in [6, 6.07) is 5.42. The predicted octanol–water partition coefficient (Wildman–Crippen LogP) is 0.951. The SMILES string of the molecule is C[C@H](c1cccc(S(N)(=O)=O)c1)N(C)CC(=O)NC(=O)NC(C)(C)C. The summed E-state index contributed by atoms with van der Waals surface area (Å²) in [4.78, 5) is 25.4. The number of nitrogens with one attached hydrogen (secondary N) is 2. The Morgan fingerprint density at radius 3 is 2.40 bits per heavy atom. The largest absolute Gasteiger partial charge is 0.333 e. The molecule has 0 spiro atoms. The molecule has 4 N–H and O–H groups in total. The molecule has 8 nitrogen and oxygen atoms in total. The summed E-state index contributed by atoms with van der Waals surface area (Å²) < 4.78 is 22.9. The molecule has 0 unspecified atom stereocenters. The second-order valence-corrected chi connectivity index (χ2v) is 8.52. The number of urea groups is 1. The van der Waals surface area contributed by atoms with Crippen LogP contribution < -0.4 is 15.8 Å². The molecular formula is C16H26N4O4S. The van der Waals surface area contributed by atoms with Gasteiger partial charge >= 0.3 is 6.03 Å². The normalized spacial score (nSPS) is 13.4. The Labute approximate surface area is 148 Å². The maximum absolute atomic E-state index is 12.0. The number of hydrogen-bond donors (Lipinski definition) is 3. The van der Waals surface area contributed by atoms with Gasteiger partial charge in [-0.25, -0.2) is 18.4 Å². The van der Waals surface area contributed by atoms with Crippen LogP contribution in [0, 0.1) is 0 Å². The molecule has 1 atom stereocenters. The van der Waals surface area contributed by atoms with E-state index >= 15 is 0 Å².